The monoisotopic (exact) mass is 252 g/mol. The smallest absolute Gasteiger partial charge is 0.236 e. The van der Waals surface area contributed by atoms with E-state index in [4.69, 9.17) is 5.73 Å². The molecule has 3 nitrogen and oxygen atoms in total. The van der Waals surface area contributed by atoms with Crippen LogP contribution in [0.15, 0.2) is 24.3 Å². The Labute approximate surface area is 108 Å². The van der Waals surface area contributed by atoms with E-state index in [9.17, 15) is 9.18 Å². The molecule has 0 aliphatic rings. The SMILES string of the molecule is CC(C)CC(N)C(=O)NCCc1cccc(F)c1. The highest BCUT2D eigenvalue weighted by Crippen LogP contribution is 2.04. The summed E-state index contributed by atoms with van der Waals surface area (Å²) < 4.78 is 12.9. The average Bonchev–Trinajstić information content (AvgIpc) is 2.28. The summed E-state index contributed by atoms with van der Waals surface area (Å²) in [4.78, 5) is 11.6. The summed E-state index contributed by atoms with van der Waals surface area (Å²) in [5, 5.41) is 2.77. The Morgan fingerprint density at radius 2 is 2.17 bits per heavy atom. The minimum absolute atomic E-state index is 0.139. The Hall–Kier alpha value is -1.42. The number of amides is 1. The molecule has 0 aliphatic heterocycles. The molecule has 0 fully saturated rings. The third-order valence-corrected chi connectivity index (χ3v) is 2.66. The summed E-state index contributed by atoms with van der Waals surface area (Å²) in [5.41, 5.74) is 6.62. The van der Waals surface area contributed by atoms with E-state index in [-0.39, 0.29) is 11.7 Å². The fourth-order valence-electron chi connectivity index (χ4n) is 1.77. The third-order valence-electron chi connectivity index (χ3n) is 2.66. The van der Waals surface area contributed by atoms with Gasteiger partial charge in [0.1, 0.15) is 5.82 Å². The molecule has 3 N–H and O–H groups in total. The number of nitrogens with one attached hydrogen (secondary N) is 1. The maximum absolute atomic E-state index is 12.9. The van der Waals surface area contributed by atoms with Gasteiger partial charge >= 0.3 is 0 Å². The van der Waals surface area contributed by atoms with Gasteiger partial charge in [0.15, 0.2) is 0 Å². The Morgan fingerprint density at radius 1 is 1.44 bits per heavy atom. The highest BCUT2D eigenvalue weighted by atomic mass is 19.1. The molecule has 1 aromatic carbocycles. The van der Waals surface area contributed by atoms with Crippen LogP contribution in [-0.4, -0.2) is 18.5 Å². The quantitative estimate of drug-likeness (QED) is 0.812. The molecule has 1 aromatic rings. The van der Waals surface area contributed by atoms with Gasteiger partial charge in [-0.3, -0.25) is 4.79 Å². The molecule has 0 aromatic heterocycles. The van der Waals surface area contributed by atoms with E-state index in [2.05, 4.69) is 5.32 Å². The van der Waals surface area contributed by atoms with Crippen LogP contribution >= 0.6 is 0 Å². The molecule has 0 radical (unpaired) electrons. The normalized spacial score (nSPS) is 12.5. The molecule has 100 valence electrons. The topological polar surface area (TPSA) is 55.1 Å². The minimum Gasteiger partial charge on any atom is -0.354 e. The Morgan fingerprint density at radius 3 is 2.78 bits per heavy atom. The maximum atomic E-state index is 12.9. The van der Waals surface area contributed by atoms with Crippen LogP contribution in [0.5, 0.6) is 0 Å². The fraction of sp³-hybridized carbons (Fsp3) is 0.500. The summed E-state index contributed by atoms with van der Waals surface area (Å²) in [5.74, 6) is 0.00408. The zero-order valence-corrected chi connectivity index (χ0v) is 10.9. The highest BCUT2D eigenvalue weighted by Gasteiger charge is 2.13. The molecule has 1 rings (SSSR count). The van der Waals surface area contributed by atoms with Crippen molar-refractivity contribution < 1.29 is 9.18 Å². The number of carbonyl (C=O) groups excluding carboxylic acids is 1. The van der Waals surface area contributed by atoms with Crippen LogP contribution in [-0.2, 0) is 11.2 Å². The van der Waals surface area contributed by atoms with Gasteiger partial charge in [-0.1, -0.05) is 26.0 Å². The van der Waals surface area contributed by atoms with E-state index in [0.717, 1.165) is 5.56 Å². The van der Waals surface area contributed by atoms with E-state index in [1.807, 2.05) is 19.9 Å². The van der Waals surface area contributed by atoms with Gasteiger partial charge in [-0.2, -0.15) is 0 Å². The van der Waals surface area contributed by atoms with Crippen LogP contribution in [0.4, 0.5) is 4.39 Å². The average molecular weight is 252 g/mol. The minimum atomic E-state index is -0.461. The summed E-state index contributed by atoms with van der Waals surface area (Å²) in [6.07, 6.45) is 1.28. The molecule has 1 atom stereocenters. The van der Waals surface area contributed by atoms with E-state index in [0.29, 0.717) is 25.3 Å². The lowest BCUT2D eigenvalue weighted by Crippen LogP contribution is -2.42. The van der Waals surface area contributed by atoms with E-state index < -0.39 is 6.04 Å². The maximum Gasteiger partial charge on any atom is 0.236 e. The molecule has 1 unspecified atom stereocenters. The van der Waals surface area contributed by atoms with Crippen molar-refractivity contribution in [2.75, 3.05) is 6.54 Å². The molecule has 0 saturated carbocycles. The molecule has 4 heteroatoms. The van der Waals surface area contributed by atoms with Crippen molar-refractivity contribution in [1.29, 1.82) is 0 Å². The first-order chi connectivity index (χ1) is 8.49. The van der Waals surface area contributed by atoms with Crippen LogP contribution in [0, 0.1) is 11.7 Å². The van der Waals surface area contributed by atoms with Crippen LogP contribution in [0.1, 0.15) is 25.8 Å². The standard InChI is InChI=1S/C14H21FN2O/c1-10(2)8-13(16)14(18)17-7-6-11-4-3-5-12(15)9-11/h3-5,9-10,13H,6-8,16H2,1-2H3,(H,17,18). The van der Waals surface area contributed by atoms with Crippen LogP contribution in [0.3, 0.4) is 0 Å². The number of carbonyl (C=O) groups is 1. The third kappa shape index (κ3) is 5.27. The van der Waals surface area contributed by atoms with Gasteiger partial charge in [0.25, 0.3) is 0 Å². The molecular formula is C14H21FN2O. The zero-order valence-electron chi connectivity index (χ0n) is 10.9. The van der Waals surface area contributed by atoms with Crippen LogP contribution in [0.25, 0.3) is 0 Å². The predicted molar refractivity (Wildman–Crippen MR) is 70.5 cm³/mol. The molecule has 0 bridgehead atoms. The summed E-state index contributed by atoms with van der Waals surface area (Å²) in [6.45, 7) is 4.54. The lowest BCUT2D eigenvalue weighted by atomic mass is 10.0. The Kier molecular flexibility index (Phi) is 5.78. The van der Waals surface area contributed by atoms with Gasteiger partial charge in [0.05, 0.1) is 6.04 Å². The second-order valence-electron chi connectivity index (χ2n) is 4.91. The Balaban J connectivity index is 2.31. The van der Waals surface area contributed by atoms with Gasteiger partial charge in [0, 0.05) is 6.54 Å². The number of halogens is 1. The fourth-order valence-corrected chi connectivity index (χ4v) is 1.77. The van der Waals surface area contributed by atoms with Crippen molar-refractivity contribution >= 4 is 5.91 Å². The van der Waals surface area contributed by atoms with E-state index in [1.54, 1.807) is 6.07 Å². The number of nitrogens with two attached hydrogens (primary N) is 1. The largest absolute Gasteiger partial charge is 0.354 e. The molecule has 0 saturated heterocycles. The van der Waals surface area contributed by atoms with Crippen molar-refractivity contribution in [2.45, 2.75) is 32.7 Å². The van der Waals surface area contributed by atoms with Crippen molar-refractivity contribution in [3.05, 3.63) is 35.6 Å². The van der Waals surface area contributed by atoms with Gasteiger partial charge in [-0.05, 0) is 36.5 Å². The second-order valence-corrected chi connectivity index (χ2v) is 4.91. The van der Waals surface area contributed by atoms with Crippen molar-refractivity contribution in [3.63, 3.8) is 0 Å². The number of benzene rings is 1. The molecule has 1 amide bonds. The Bertz CT molecular complexity index is 393. The van der Waals surface area contributed by atoms with Gasteiger partial charge in [-0.15, -0.1) is 0 Å². The van der Waals surface area contributed by atoms with Gasteiger partial charge in [-0.25, -0.2) is 4.39 Å². The van der Waals surface area contributed by atoms with E-state index in [1.165, 1.54) is 12.1 Å². The number of hydrogen-bond acceptors (Lipinski definition) is 2. The van der Waals surface area contributed by atoms with Crippen LogP contribution in [0.2, 0.25) is 0 Å². The van der Waals surface area contributed by atoms with Crippen LogP contribution < -0.4 is 11.1 Å². The van der Waals surface area contributed by atoms with Gasteiger partial charge in [0.2, 0.25) is 5.91 Å². The van der Waals surface area contributed by atoms with Crippen molar-refractivity contribution in [2.24, 2.45) is 11.7 Å². The zero-order chi connectivity index (χ0) is 13.5. The van der Waals surface area contributed by atoms with Gasteiger partial charge < -0.3 is 11.1 Å². The summed E-state index contributed by atoms with van der Waals surface area (Å²) >= 11 is 0. The molecule has 0 spiro atoms. The molecule has 18 heavy (non-hydrogen) atoms. The first-order valence-electron chi connectivity index (χ1n) is 6.26. The first kappa shape index (κ1) is 14.6. The lowest BCUT2D eigenvalue weighted by molar-refractivity contribution is -0.122. The van der Waals surface area contributed by atoms with Crippen molar-refractivity contribution in [3.8, 4) is 0 Å². The molecule has 0 aliphatic carbocycles. The molecule has 0 heterocycles. The first-order valence-corrected chi connectivity index (χ1v) is 6.26. The lowest BCUT2D eigenvalue weighted by Gasteiger charge is -2.14. The summed E-state index contributed by atoms with van der Waals surface area (Å²) in [7, 11) is 0. The second kappa shape index (κ2) is 7.11. The highest BCUT2D eigenvalue weighted by molar-refractivity contribution is 5.81. The number of hydrogen-bond donors (Lipinski definition) is 2. The van der Waals surface area contributed by atoms with E-state index >= 15 is 0 Å². The summed E-state index contributed by atoms with van der Waals surface area (Å²) in [6, 6.07) is 5.92. The molecular weight excluding hydrogens is 231 g/mol. The van der Waals surface area contributed by atoms with Crippen molar-refractivity contribution in [1.82, 2.24) is 5.32 Å². The number of rotatable bonds is 6. The predicted octanol–water partition coefficient (Wildman–Crippen LogP) is 1.86.